The summed E-state index contributed by atoms with van der Waals surface area (Å²) >= 11 is 0. The molecule has 5 nitrogen and oxygen atoms in total. The Morgan fingerprint density at radius 1 is 1.15 bits per heavy atom. The molecule has 5 heteroatoms. The molecule has 0 bridgehead atoms. The van der Waals surface area contributed by atoms with Crippen molar-refractivity contribution in [3.05, 3.63) is 41.7 Å². The highest BCUT2D eigenvalue weighted by molar-refractivity contribution is 5.59. The molecule has 3 rings (SSSR count). The van der Waals surface area contributed by atoms with Gasteiger partial charge in [-0.15, -0.1) is 0 Å². The lowest BCUT2D eigenvalue weighted by Gasteiger charge is -2.30. The van der Waals surface area contributed by atoms with Crippen LogP contribution in [0.5, 0.6) is 0 Å². The van der Waals surface area contributed by atoms with E-state index in [4.69, 9.17) is 10.4 Å². The maximum Gasteiger partial charge on any atom is 0.151 e. The Morgan fingerprint density at radius 2 is 1.85 bits per heavy atom. The van der Waals surface area contributed by atoms with Gasteiger partial charge in [-0.05, 0) is 6.92 Å². The second-order valence-electron chi connectivity index (χ2n) is 5.36. The highest BCUT2D eigenvalue weighted by atomic mass is 16.5. The lowest BCUT2D eigenvalue weighted by atomic mass is 10.1. The van der Waals surface area contributed by atoms with Crippen LogP contribution in [0.15, 0.2) is 34.9 Å². The Bertz CT molecular complexity index is 556. The molecule has 0 aliphatic carbocycles. The van der Waals surface area contributed by atoms with Gasteiger partial charge in [0, 0.05) is 37.8 Å². The average Bonchev–Trinajstić information content (AvgIpc) is 2.91. The molecule has 1 fully saturated rings. The summed E-state index contributed by atoms with van der Waals surface area (Å²) in [5, 5.41) is 6.02. The van der Waals surface area contributed by atoms with Crippen molar-refractivity contribution in [2.45, 2.75) is 13.5 Å². The molecule has 1 aliphatic rings. The van der Waals surface area contributed by atoms with Crippen molar-refractivity contribution < 1.29 is 4.52 Å². The fourth-order valence-corrected chi connectivity index (χ4v) is 2.39. The molecule has 2 aromatic rings. The van der Waals surface area contributed by atoms with Gasteiger partial charge < -0.3 is 4.52 Å². The van der Waals surface area contributed by atoms with Crippen LogP contribution >= 0.6 is 0 Å². The molecule has 1 aromatic heterocycles. The van der Waals surface area contributed by atoms with E-state index >= 15 is 0 Å². The Morgan fingerprint density at radius 3 is 2.55 bits per heavy atom. The van der Waals surface area contributed by atoms with E-state index < -0.39 is 0 Å². The van der Waals surface area contributed by atoms with Gasteiger partial charge in [-0.1, -0.05) is 35.0 Å². The molecule has 2 N–H and O–H groups in total. The van der Waals surface area contributed by atoms with Crippen molar-refractivity contribution in [2.24, 2.45) is 5.84 Å². The highest BCUT2D eigenvalue weighted by Gasteiger charge is 2.16. The topological polar surface area (TPSA) is 58.5 Å². The third-order valence-electron chi connectivity index (χ3n) is 3.69. The molecular formula is C15H20N4O. The number of aromatic nitrogens is 1. The van der Waals surface area contributed by atoms with Crippen LogP contribution in [0, 0.1) is 6.92 Å². The fraction of sp³-hybridized carbons (Fsp3) is 0.400. The lowest BCUT2D eigenvalue weighted by Crippen LogP contribution is -2.48. The van der Waals surface area contributed by atoms with Crippen LogP contribution < -0.4 is 5.84 Å². The summed E-state index contributed by atoms with van der Waals surface area (Å²) in [6.07, 6.45) is 0. The molecule has 106 valence electrons. The Hall–Kier alpha value is -1.69. The number of hydrazine groups is 1. The molecule has 20 heavy (non-hydrogen) atoms. The van der Waals surface area contributed by atoms with Gasteiger partial charge in [0.25, 0.3) is 0 Å². The van der Waals surface area contributed by atoms with E-state index in [9.17, 15) is 0 Å². The first-order chi connectivity index (χ1) is 9.70. The van der Waals surface area contributed by atoms with Gasteiger partial charge in [0.2, 0.25) is 0 Å². The van der Waals surface area contributed by atoms with Crippen molar-refractivity contribution in [3.8, 4) is 11.3 Å². The summed E-state index contributed by atoms with van der Waals surface area (Å²) in [5.41, 5.74) is 3.24. The minimum Gasteiger partial charge on any atom is -0.359 e. The first kappa shape index (κ1) is 13.3. The second-order valence-corrected chi connectivity index (χ2v) is 5.36. The van der Waals surface area contributed by atoms with Gasteiger partial charge in [-0.3, -0.25) is 10.7 Å². The highest BCUT2D eigenvalue weighted by Crippen LogP contribution is 2.20. The van der Waals surface area contributed by atoms with Gasteiger partial charge in [-0.2, -0.15) is 0 Å². The van der Waals surface area contributed by atoms with Crippen molar-refractivity contribution in [3.63, 3.8) is 0 Å². The summed E-state index contributed by atoms with van der Waals surface area (Å²) in [7, 11) is 0. The van der Waals surface area contributed by atoms with Crippen molar-refractivity contribution >= 4 is 0 Å². The number of nitrogens with two attached hydrogens (primary N) is 1. The zero-order chi connectivity index (χ0) is 13.9. The van der Waals surface area contributed by atoms with Gasteiger partial charge in [0.05, 0.1) is 6.54 Å². The van der Waals surface area contributed by atoms with Crippen LogP contribution in [0.1, 0.15) is 11.3 Å². The van der Waals surface area contributed by atoms with E-state index in [0.717, 1.165) is 49.7 Å². The molecule has 0 radical (unpaired) electrons. The molecule has 1 aliphatic heterocycles. The van der Waals surface area contributed by atoms with Crippen LogP contribution in [0.2, 0.25) is 0 Å². The van der Waals surface area contributed by atoms with Crippen LogP contribution in [-0.2, 0) is 6.54 Å². The fourth-order valence-electron chi connectivity index (χ4n) is 2.39. The van der Waals surface area contributed by atoms with Crippen molar-refractivity contribution in [1.29, 1.82) is 0 Å². The predicted octanol–water partition coefficient (Wildman–Crippen LogP) is 1.64. The van der Waals surface area contributed by atoms with Gasteiger partial charge in [-0.25, -0.2) is 5.01 Å². The molecule has 2 heterocycles. The van der Waals surface area contributed by atoms with E-state index in [2.05, 4.69) is 41.2 Å². The summed E-state index contributed by atoms with van der Waals surface area (Å²) in [5.74, 6) is 6.66. The van der Waals surface area contributed by atoms with Gasteiger partial charge in [0.1, 0.15) is 5.69 Å². The average molecular weight is 272 g/mol. The maximum atomic E-state index is 5.75. The molecule has 1 aromatic carbocycles. The maximum absolute atomic E-state index is 5.75. The van der Waals surface area contributed by atoms with E-state index in [1.54, 1.807) is 0 Å². The zero-order valence-corrected chi connectivity index (χ0v) is 11.7. The first-order valence-electron chi connectivity index (χ1n) is 6.95. The summed E-state index contributed by atoms with van der Waals surface area (Å²) < 4.78 is 5.44. The number of aryl methyl sites for hydroxylation is 1. The lowest BCUT2D eigenvalue weighted by molar-refractivity contribution is 0.119. The molecule has 0 amide bonds. The van der Waals surface area contributed by atoms with Crippen LogP contribution in [0.4, 0.5) is 0 Å². The van der Waals surface area contributed by atoms with E-state index in [1.807, 2.05) is 11.1 Å². The Kier molecular flexibility index (Phi) is 3.82. The third-order valence-corrected chi connectivity index (χ3v) is 3.69. The zero-order valence-electron chi connectivity index (χ0n) is 11.7. The standard InChI is InChI=1S/C15H20N4O/c1-12-2-4-13(5-3-12)15-10-14(20-17-15)11-18-6-8-19(16)9-7-18/h2-5,10H,6-9,11,16H2,1H3. The summed E-state index contributed by atoms with van der Waals surface area (Å²) in [6.45, 7) is 6.62. The smallest absolute Gasteiger partial charge is 0.151 e. The Labute approximate surface area is 118 Å². The normalized spacial score (nSPS) is 17.5. The minimum atomic E-state index is 0.798. The minimum absolute atomic E-state index is 0.798. The quantitative estimate of drug-likeness (QED) is 0.861. The number of hydrogen-bond acceptors (Lipinski definition) is 5. The van der Waals surface area contributed by atoms with Crippen LogP contribution in [0.3, 0.4) is 0 Å². The SMILES string of the molecule is Cc1ccc(-c2cc(CN3CCN(N)CC3)on2)cc1. The van der Waals surface area contributed by atoms with Gasteiger partial charge >= 0.3 is 0 Å². The first-order valence-corrected chi connectivity index (χ1v) is 6.95. The monoisotopic (exact) mass is 272 g/mol. The number of rotatable bonds is 3. The second kappa shape index (κ2) is 5.75. The molecule has 1 saturated heterocycles. The number of hydrogen-bond donors (Lipinski definition) is 1. The molecule has 0 spiro atoms. The summed E-state index contributed by atoms with van der Waals surface area (Å²) in [6, 6.07) is 10.3. The van der Waals surface area contributed by atoms with E-state index in [0.29, 0.717) is 0 Å². The van der Waals surface area contributed by atoms with Gasteiger partial charge in [0.15, 0.2) is 5.76 Å². The number of piperazine rings is 1. The molecule has 0 unspecified atom stereocenters. The van der Waals surface area contributed by atoms with E-state index in [1.165, 1.54) is 5.56 Å². The largest absolute Gasteiger partial charge is 0.359 e. The third kappa shape index (κ3) is 3.07. The van der Waals surface area contributed by atoms with Crippen LogP contribution in [0.25, 0.3) is 11.3 Å². The molecular weight excluding hydrogens is 252 g/mol. The van der Waals surface area contributed by atoms with E-state index in [-0.39, 0.29) is 0 Å². The molecule has 0 atom stereocenters. The molecule has 0 saturated carbocycles. The van der Waals surface area contributed by atoms with Crippen LogP contribution in [-0.4, -0.2) is 41.2 Å². The predicted molar refractivity (Wildman–Crippen MR) is 77.7 cm³/mol. The van der Waals surface area contributed by atoms with Crippen molar-refractivity contribution in [1.82, 2.24) is 15.1 Å². The number of benzene rings is 1. The van der Waals surface area contributed by atoms with Crippen molar-refractivity contribution in [2.75, 3.05) is 26.2 Å². The summed E-state index contributed by atoms with van der Waals surface area (Å²) in [4.78, 5) is 2.34. The Balaban J connectivity index is 1.66. The number of nitrogens with zero attached hydrogens (tertiary/aromatic N) is 3.